The molecular formula is C15H18N2O4. The van der Waals surface area contributed by atoms with Gasteiger partial charge in [-0.15, -0.1) is 0 Å². The first-order valence-electron chi connectivity index (χ1n) is 6.69. The fraction of sp³-hybridized carbons (Fsp3) is 0.400. The van der Waals surface area contributed by atoms with Crippen LogP contribution in [0.2, 0.25) is 0 Å². The number of anilines is 1. The van der Waals surface area contributed by atoms with Crippen LogP contribution in [0.15, 0.2) is 24.3 Å². The first kappa shape index (κ1) is 15.0. The Bertz CT molecular complexity index is 590. The molecule has 1 aliphatic rings. The van der Waals surface area contributed by atoms with Gasteiger partial charge in [0, 0.05) is 12.0 Å². The summed E-state index contributed by atoms with van der Waals surface area (Å²) in [6, 6.07) is 5.81. The third kappa shape index (κ3) is 3.81. The van der Waals surface area contributed by atoms with E-state index in [0.717, 1.165) is 0 Å². The molecule has 0 aromatic heterocycles. The summed E-state index contributed by atoms with van der Waals surface area (Å²) in [4.78, 5) is 36.0. The van der Waals surface area contributed by atoms with Crippen molar-refractivity contribution in [1.29, 1.82) is 0 Å². The second-order valence-electron chi connectivity index (χ2n) is 5.86. The van der Waals surface area contributed by atoms with Crippen molar-refractivity contribution in [2.24, 2.45) is 0 Å². The Hall–Kier alpha value is -2.37. The topological polar surface area (TPSA) is 84.5 Å². The number of carbonyl (C=O) groups excluding carboxylic acids is 3. The molecule has 1 atom stereocenters. The van der Waals surface area contributed by atoms with E-state index in [0.29, 0.717) is 11.3 Å². The van der Waals surface area contributed by atoms with Gasteiger partial charge < -0.3 is 15.4 Å². The van der Waals surface area contributed by atoms with E-state index in [1.165, 1.54) is 0 Å². The molecule has 0 saturated carbocycles. The minimum atomic E-state index is -0.945. The highest BCUT2D eigenvalue weighted by Crippen LogP contribution is 2.21. The van der Waals surface area contributed by atoms with Gasteiger partial charge >= 0.3 is 6.09 Å². The van der Waals surface area contributed by atoms with Crippen LogP contribution in [-0.4, -0.2) is 29.4 Å². The van der Waals surface area contributed by atoms with Crippen LogP contribution < -0.4 is 10.6 Å². The van der Waals surface area contributed by atoms with Gasteiger partial charge in [-0.2, -0.15) is 0 Å². The Morgan fingerprint density at radius 1 is 1.29 bits per heavy atom. The molecule has 0 fully saturated rings. The maximum Gasteiger partial charge on any atom is 0.408 e. The van der Waals surface area contributed by atoms with Crippen LogP contribution in [0.3, 0.4) is 0 Å². The highest BCUT2D eigenvalue weighted by atomic mass is 16.6. The van der Waals surface area contributed by atoms with Gasteiger partial charge in [0.15, 0.2) is 5.78 Å². The normalized spacial score (nSPS) is 18.3. The molecule has 0 radical (unpaired) electrons. The molecule has 2 amide bonds. The number of fused-ring (bicyclic) bond motifs is 1. The van der Waals surface area contributed by atoms with E-state index in [1.54, 1.807) is 45.0 Å². The summed E-state index contributed by atoms with van der Waals surface area (Å²) in [7, 11) is 0. The third-order valence-corrected chi connectivity index (χ3v) is 2.88. The first-order valence-corrected chi connectivity index (χ1v) is 6.69. The molecule has 0 bridgehead atoms. The number of amides is 2. The number of rotatable bonds is 1. The van der Waals surface area contributed by atoms with Crippen molar-refractivity contribution in [3.63, 3.8) is 0 Å². The van der Waals surface area contributed by atoms with Crippen LogP contribution >= 0.6 is 0 Å². The fourth-order valence-electron chi connectivity index (χ4n) is 2.01. The van der Waals surface area contributed by atoms with Gasteiger partial charge in [-0.05, 0) is 32.9 Å². The first-order chi connectivity index (χ1) is 9.76. The highest BCUT2D eigenvalue weighted by molar-refractivity contribution is 6.11. The number of hydrogen-bond donors (Lipinski definition) is 2. The SMILES string of the molecule is CC(C)(C)OC(=O)N[C@H]1CC(=O)c2ccccc2NC1=O. The van der Waals surface area contributed by atoms with Crippen LogP contribution in [0.1, 0.15) is 37.6 Å². The molecule has 0 spiro atoms. The van der Waals surface area contributed by atoms with Gasteiger partial charge in [0.05, 0.1) is 5.69 Å². The molecule has 21 heavy (non-hydrogen) atoms. The van der Waals surface area contributed by atoms with Crippen LogP contribution in [0.25, 0.3) is 0 Å². The molecule has 1 aromatic rings. The zero-order valence-corrected chi connectivity index (χ0v) is 12.2. The van der Waals surface area contributed by atoms with Crippen LogP contribution in [0, 0.1) is 0 Å². The minimum absolute atomic E-state index is 0.0951. The van der Waals surface area contributed by atoms with E-state index in [4.69, 9.17) is 4.74 Å². The summed E-state index contributed by atoms with van der Waals surface area (Å²) >= 11 is 0. The largest absolute Gasteiger partial charge is 0.444 e. The minimum Gasteiger partial charge on any atom is -0.444 e. The lowest BCUT2D eigenvalue weighted by Crippen LogP contribution is -2.45. The smallest absolute Gasteiger partial charge is 0.408 e. The van der Waals surface area contributed by atoms with Crippen molar-refractivity contribution in [2.75, 3.05) is 5.32 Å². The number of ketones is 1. The van der Waals surface area contributed by atoms with Crippen LogP contribution in [0.4, 0.5) is 10.5 Å². The molecule has 2 N–H and O–H groups in total. The summed E-state index contributed by atoms with van der Waals surface area (Å²) in [5, 5.41) is 5.08. The van der Waals surface area contributed by atoms with Gasteiger partial charge in [0.2, 0.25) is 5.91 Å². The molecule has 1 aromatic carbocycles. The predicted molar refractivity (Wildman–Crippen MR) is 77.2 cm³/mol. The zero-order valence-electron chi connectivity index (χ0n) is 12.2. The number of carbonyl (C=O) groups is 3. The Morgan fingerprint density at radius 2 is 1.95 bits per heavy atom. The molecule has 0 unspecified atom stereocenters. The maximum absolute atomic E-state index is 12.1. The molecular weight excluding hydrogens is 272 g/mol. The van der Waals surface area contributed by atoms with Gasteiger partial charge in [0.25, 0.3) is 0 Å². The Labute approximate surface area is 122 Å². The fourth-order valence-corrected chi connectivity index (χ4v) is 2.01. The van der Waals surface area contributed by atoms with Crippen LogP contribution in [-0.2, 0) is 9.53 Å². The summed E-state index contributed by atoms with van der Waals surface area (Å²) < 4.78 is 5.10. The second-order valence-corrected chi connectivity index (χ2v) is 5.86. The molecule has 6 nitrogen and oxygen atoms in total. The molecule has 112 valence electrons. The average Bonchev–Trinajstić information content (AvgIpc) is 2.46. The summed E-state index contributed by atoms with van der Waals surface area (Å²) in [5.74, 6) is -0.635. The lowest BCUT2D eigenvalue weighted by atomic mass is 10.0. The number of Topliss-reactive ketones (excluding diaryl/α,β-unsaturated/α-hetero) is 1. The van der Waals surface area contributed by atoms with Gasteiger partial charge in [-0.3, -0.25) is 9.59 Å². The van der Waals surface area contributed by atoms with Crippen molar-refractivity contribution in [1.82, 2.24) is 5.32 Å². The summed E-state index contributed by atoms with van der Waals surface area (Å²) in [6.45, 7) is 5.17. The molecule has 0 aliphatic carbocycles. The van der Waals surface area contributed by atoms with Crippen molar-refractivity contribution in [3.8, 4) is 0 Å². The molecule has 0 saturated heterocycles. The van der Waals surface area contributed by atoms with E-state index < -0.39 is 23.6 Å². The second kappa shape index (κ2) is 5.55. The van der Waals surface area contributed by atoms with Crippen LogP contribution in [0.5, 0.6) is 0 Å². The number of hydrogen-bond acceptors (Lipinski definition) is 4. The van der Waals surface area contributed by atoms with E-state index >= 15 is 0 Å². The molecule has 2 rings (SSSR count). The summed E-state index contributed by atoms with van der Waals surface area (Å²) in [6.07, 6.45) is -0.816. The number of benzene rings is 1. The Kier molecular flexibility index (Phi) is 3.97. The quantitative estimate of drug-likeness (QED) is 0.829. The number of alkyl carbamates (subject to hydrolysis) is 1. The Balaban J connectivity index is 2.12. The van der Waals surface area contributed by atoms with E-state index in [9.17, 15) is 14.4 Å². The molecule has 1 heterocycles. The molecule has 6 heteroatoms. The standard InChI is InChI=1S/C15H18N2O4/c1-15(2,3)21-14(20)17-11-8-12(18)9-6-4-5-7-10(9)16-13(11)19/h4-7,11H,8H2,1-3H3,(H,16,19)(H,17,20)/t11-/m0/s1. The van der Waals surface area contributed by atoms with Crippen molar-refractivity contribution in [3.05, 3.63) is 29.8 Å². The van der Waals surface area contributed by atoms with E-state index in [1.807, 2.05) is 0 Å². The zero-order chi connectivity index (χ0) is 15.6. The lowest BCUT2D eigenvalue weighted by molar-refractivity contribution is -0.118. The van der Waals surface area contributed by atoms with Crippen molar-refractivity contribution < 1.29 is 19.1 Å². The number of nitrogens with one attached hydrogen (secondary N) is 2. The third-order valence-electron chi connectivity index (χ3n) is 2.88. The van der Waals surface area contributed by atoms with Crippen molar-refractivity contribution in [2.45, 2.75) is 38.8 Å². The van der Waals surface area contributed by atoms with Gasteiger partial charge in [-0.1, -0.05) is 12.1 Å². The predicted octanol–water partition coefficient (Wildman–Crippen LogP) is 2.10. The average molecular weight is 290 g/mol. The molecule has 1 aliphatic heterocycles. The van der Waals surface area contributed by atoms with Gasteiger partial charge in [0.1, 0.15) is 11.6 Å². The number of para-hydroxylation sites is 1. The Morgan fingerprint density at radius 3 is 2.62 bits per heavy atom. The van der Waals surface area contributed by atoms with E-state index in [-0.39, 0.29) is 12.2 Å². The number of ether oxygens (including phenoxy) is 1. The summed E-state index contributed by atoms with van der Waals surface area (Å²) in [5.41, 5.74) is 0.235. The van der Waals surface area contributed by atoms with E-state index in [2.05, 4.69) is 10.6 Å². The van der Waals surface area contributed by atoms with Crippen molar-refractivity contribution >= 4 is 23.5 Å². The maximum atomic E-state index is 12.1. The highest BCUT2D eigenvalue weighted by Gasteiger charge is 2.30. The van der Waals surface area contributed by atoms with Gasteiger partial charge in [-0.25, -0.2) is 4.79 Å². The lowest BCUT2D eigenvalue weighted by Gasteiger charge is -2.22. The monoisotopic (exact) mass is 290 g/mol.